The Bertz CT molecular complexity index is 394. The SMILES string of the molecule is CCC(CC)C(=O)NC(C)c1cnn(CC)c1C. The zero-order valence-electron chi connectivity index (χ0n) is 12.2. The third-order valence-electron chi connectivity index (χ3n) is 3.62. The van der Waals surface area contributed by atoms with E-state index in [0.717, 1.165) is 30.6 Å². The molecule has 4 heteroatoms. The fourth-order valence-corrected chi connectivity index (χ4v) is 2.27. The summed E-state index contributed by atoms with van der Waals surface area (Å²) in [6.45, 7) is 11.1. The highest BCUT2D eigenvalue weighted by atomic mass is 16.1. The number of hydrogen-bond acceptors (Lipinski definition) is 2. The molecule has 0 spiro atoms. The highest BCUT2D eigenvalue weighted by Crippen LogP contribution is 2.18. The Morgan fingerprint density at radius 3 is 2.44 bits per heavy atom. The van der Waals surface area contributed by atoms with Gasteiger partial charge >= 0.3 is 0 Å². The topological polar surface area (TPSA) is 46.9 Å². The molecule has 0 radical (unpaired) electrons. The third-order valence-corrected chi connectivity index (χ3v) is 3.62. The van der Waals surface area contributed by atoms with E-state index in [1.807, 2.05) is 24.7 Å². The zero-order valence-corrected chi connectivity index (χ0v) is 12.2. The highest BCUT2D eigenvalue weighted by Gasteiger charge is 2.19. The molecule has 0 aromatic carbocycles. The van der Waals surface area contributed by atoms with Gasteiger partial charge in [-0.2, -0.15) is 5.10 Å². The molecule has 0 bridgehead atoms. The van der Waals surface area contributed by atoms with Crippen LogP contribution in [0.15, 0.2) is 6.20 Å². The van der Waals surface area contributed by atoms with Crippen molar-refractivity contribution in [1.29, 1.82) is 0 Å². The lowest BCUT2D eigenvalue weighted by atomic mass is 10.0. The molecule has 0 saturated heterocycles. The quantitative estimate of drug-likeness (QED) is 0.845. The van der Waals surface area contributed by atoms with Crippen LogP contribution in [-0.4, -0.2) is 15.7 Å². The standard InChI is InChI=1S/C14H25N3O/c1-6-12(7-2)14(18)16-10(4)13-9-15-17(8-3)11(13)5/h9-10,12H,6-8H2,1-5H3,(H,16,18). The van der Waals surface area contributed by atoms with Crippen LogP contribution in [0.3, 0.4) is 0 Å². The van der Waals surface area contributed by atoms with Crippen LogP contribution in [-0.2, 0) is 11.3 Å². The van der Waals surface area contributed by atoms with Crippen LogP contribution in [0.5, 0.6) is 0 Å². The summed E-state index contributed by atoms with van der Waals surface area (Å²) >= 11 is 0. The second-order valence-corrected chi connectivity index (χ2v) is 4.74. The molecule has 1 amide bonds. The molecule has 4 nitrogen and oxygen atoms in total. The van der Waals surface area contributed by atoms with Gasteiger partial charge in [0, 0.05) is 23.7 Å². The Balaban J connectivity index is 2.73. The molecule has 0 aliphatic rings. The second kappa shape index (κ2) is 6.57. The molecule has 102 valence electrons. The van der Waals surface area contributed by atoms with E-state index >= 15 is 0 Å². The van der Waals surface area contributed by atoms with Gasteiger partial charge < -0.3 is 5.32 Å². The first-order chi connectivity index (χ1) is 8.54. The Morgan fingerprint density at radius 2 is 2.00 bits per heavy atom. The van der Waals surface area contributed by atoms with Crippen molar-refractivity contribution >= 4 is 5.91 Å². The third kappa shape index (κ3) is 3.12. The van der Waals surface area contributed by atoms with E-state index in [1.54, 1.807) is 0 Å². The number of aryl methyl sites for hydroxylation is 1. The van der Waals surface area contributed by atoms with E-state index in [2.05, 4.69) is 31.2 Å². The second-order valence-electron chi connectivity index (χ2n) is 4.74. The van der Waals surface area contributed by atoms with Gasteiger partial charge in [-0.3, -0.25) is 9.48 Å². The maximum atomic E-state index is 12.0. The Morgan fingerprint density at radius 1 is 1.39 bits per heavy atom. The van der Waals surface area contributed by atoms with E-state index in [9.17, 15) is 4.79 Å². The smallest absolute Gasteiger partial charge is 0.223 e. The fourth-order valence-electron chi connectivity index (χ4n) is 2.27. The van der Waals surface area contributed by atoms with Gasteiger partial charge in [0.1, 0.15) is 0 Å². The lowest BCUT2D eigenvalue weighted by Crippen LogP contribution is -2.32. The molecule has 1 unspecified atom stereocenters. The molecule has 0 fully saturated rings. The van der Waals surface area contributed by atoms with Crippen molar-refractivity contribution in [2.24, 2.45) is 5.92 Å². The van der Waals surface area contributed by atoms with E-state index in [0.29, 0.717) is 0 Å². The zero-order chi connectivity index (χ0) is 13.7. The first kappa shape index (κ1) is 14.7. The molecule has 1 rings (SSSR count). The fraction of sp³-hybridized carbons (Fsp3) is 0.714. The maximum absolute atomic E-state index is 12.0. The first-order valence-corrected chi connectivity index (χ1v) is 6.87. The Hall–Kier alpha value is -1.32. The molecule has 1 aromatic rings. The van der Waals surface area contributed by atoms with Crippen molar-refractivity contribution in [1.82, 2.24) is 15.1 Å². The van der Waals surface area contributed by atoms with E-state index in [-0.39, 0.29) is 17.9 Å². The Labute approximate surface area is 110 Å². The molecule has 1 aromatic heterocycles. The van der Waals surface area contributed by atoms with Gasteiger partial charge in [-0.05, 0) is 33.6 Å². The number of aromatic nitrogens is 2. The summed E-state index contributed by atoms with van der Waals surface area (Å²) in [6, 6.07) is 0.0263. The van der Waals surface area contributed by atoms with Gasteiger partial charge in [-0.1, -0.05) is 13.8 Å². The van der Waals surface area contributed by atoms with Crippen LogP contribution < -0.4 is 5.32 Å². The van der Waals surface area contributed by atoms with Crippen LogP contribution in [0.25, 0.3) is 0 Å². The summed E-state index contributed by atoms with van der Waals surface area (Å²) in [5.74, 6) is 0.269. The van der Waals surface area contributed by atoms with Crippen LogP contribution in [0.4, 0.5) is 0 Å². The van der Waals surface area contributed by atoms with Gasteiger partial charge in [0.25, 0.3) is 0 Å². The van der Waals surface area contributed by atoms with Crippen LogP contribution in [0.1, 0.15) is 57.8 Å². The molecule has 0 aliphatic heterocycles. The average Bonchev–Trinajstić information content (AvgIpc) is 2.71. The molecule has 0 aliphatic carbocycles. The minimum Gasteiger partial charge on any atom is -0.349 e. The molecular weight excluding hydrogens is 226 g/mol. The predicted molar refractivity (Wildman–Crippen MR) is 73.3 cm³/mol. The summed E-state index contributed by atoms with van der Waals surface area (Å²) in [5.41, 5.74) is 2.24. The monoisotopic (exact) mass is 251 g/mol. The number of nitrogens with one attached hydrogen (secondary N) is 1. The largest absolute Gasteiger partial charge is 0.349 e. The lowest BCUT2D eigenvalue weighted by molar-refractivity contribution is -0.125. The van der Waals surface area contributed by atoms with Gasteiger partial charge in [0.2, 0.25) is 5.91 Å². The van der Waals surface area contributed by atoms with Crippen molar-refractivity contribution < 1.29 is 4.79 Å². The molecule has 1 N–H and O–H groups in total. The highest BCUT2D eigenvalue weighted by molar-refractivity contribution is 5.79. The van der Waals surface area contributed by atoms with E-state index in [1.165, 1.54) is 0 Å². The number of amides is 1. The van der Waals surface area contributed by atoms with Crippen LogP contribution in [0.2, 0.25) is 0 Å². The number of carbonyl (C=O) groups is 1. The summed E-state index contributed by atoms with van der Waals surface area (Å²) < 4.78 is 1.95. The Kier molecular flexibility index (Phi) is 5.38. The van der Waals surface area contributed by atoms with Crippen LogP contribution >= 0.6 is 0 Å². The summed E-state index contributed by atoms with van der Waals surface area (Å²) in [6.07, 6.45) is 3.64. The van der Waals surface area contributed by atoms with Gasteiger partial charge in [0.15, 0.2) is 0 Å². The van der Waals surface area contributed by atoms with Crippen molar-refractivity contribution in [2.75, 3.05) is 0 Å². The molecule has 1 atom stereocenters. The first-order valence-electron chi connectivity index (χ1n) is 6.87. The number of nitrogens with zero attached hydrogens (tertiary/aromatic N) is 2. The van der Waals surface area contributed by atoms with E-state index < -0.39 is 0 Å². The molecule has 1 heterocycles. The van der Waals surface area contributed by atoms with E-state index in [4.69, 9.17) is 0 Å². The minimum absolute atomic E-state index is 0.0263. The summed E-state index contributed by atoms with van der Waals surface area (Å²) in [4.78, 5) is 12.0. The predicted octanol–water partition coefficient (Wildman–Crippen LogP) is 2.82. The van der Waals surface area contributed by atoms with Gasteiger partial charge in [0.05, 0.1) is 12.2 Å². The molecule has 0 saturated carbocycles. The normalized spacial score (nSPS) is 12.8. The molecule has 18 heavy (non-hydrogen) atoms. The lowest BCUT2D eigenvalue weighted by Gasteiger charge is -2.18. The number of hydrogen-bond donors (Lipinski definition) is 1. The average molecular weight is 251 g/mol. The summed E-state index contributed by atoms with van der Waals surface area (Å²) in [7, 11) is 0. The molecular formula is C14H25N3O. The van der Waals surface area contributed by atoms with Gasteiger partial charge in [-0.15, -0.1) is 0 Å². The summed E-state index contributed by atoms with van der Waals surface area (Å²) in [5, 5.41) is 7.40. The number of rotatable bonds is 6. The maximum Gasteiger partial charge on any atom is 0.223 e. The van der Waals surface area contributed by atoms with Gasteiger partial charge in [-0.25, -0.2) is 0 Å². The number of carbonyl (C=O) groups excluding carboxylic acids is 1. The van der Waals surface area contributed by atoms with Crippen molar-refractivity contribution in [3.8, 4) is 0 Å². The minimum atomic E-state index is 0.0263. The van der Waals surface area contributed by atoms with Crippen molar-refractivity contribution in [3.63, 3.8) is 0 Å². The van der Waals surface area contributed by atoms with Crippen molar-refractivity contribution in [2.45, 2.75) is 60.0 Å². The van der Waals surface area contributed by atoms with Crippen molar-refractivity contribution in [3.05, 3.63) is 17.5 Å². The van der Waals surface area contributed by atoms with Crippen LogP contribution in [0, 0.1) is 12.8 Å².